The number of ketones is 1. The molecule has 200 valence electrons. The van der Waals surface area contributed by atoms with Gasteiger partial charge >= 0.3 is 5.97 Å². The molecule has 1 heterocycles. The van der Waals surface area contributed by atoms with Crippen molar-refractivity contribution >= 4 is 29.3 Å². The highest BCUT2D eigenvalue weighted by Gasteiger charge is 2.47. The number of amides is 2. The second-order valence-electron chi connectivity index (χ2n) is 10.7. The molecule has 0 aromatic heterocycles. The average molecular weight is 517 g/mol. The monoisotopic (exact) mass is 516 g/mol. The number of anilines is 1. The van der Waals surface area contributed by atoms with Crippen LogP contribution in [-0.2, 0) is 14.3 Å². The topological polar surface area (TPSA) is 84.0 Å². The summed E-state index contributed by atoms with van der Waals surface area (Å²) in [5.74, 6) is -1.26. The van der Waals surface area contributed by atoms with Crippen molar-refractivity contribution in [3.63, 3.8) is 0 Å². The van der Waals surface area contributed by atoms with Crippen molar-refractivity contribution in [3.05, 3.63) is 65.7 Å². The van der Waals surface area contributed by atoms with E-state index in [1.807, 2.05) is 6.07 Å². The number of hydrogen-bond acceptors (Lipinski definition) is 6. The van der Waals surface area contributed by atoms with Gasteiger partial charge in [-0.15, -0.1) is 0 Å². The molecule has 2 saturated carbocycles. The molecule has 2 aromatic carbocycles. The van der Waals surface area contributed by atoms with Gasteiger partial charge in [0, 0.05) is 17.6 Å². The maximum atomic E-state index is 13.7. The number of esters is 1. The molecule has 1 aliphatic heterocycles. The highest BCUT2D eigenvalue weighted by Crippen LogP contribution is 2.36. The Morgan fingerprint density at radius 1 is 0.763 bits per heavy atom. The number of benzene rings is 2. The zero-order chi connectivity index (χ0) is 26.5. The lowest BCUT2D eigenvalue weighted by molar-refractivity contribution is -0.124. The van der Waals surface area contributed by atoms with Gasteiger partial charge in [-0.3, -0.25) is 19.3 Å². The van der Waals surface area contributed by atoms with Crippen LogP contribution in [0.5, 0.6) is 0 Å². The van der Waals surface area contributed by atoms with Crippen LogP contribution >= 0.6 is 0 Å². The van der Waals surface area contributed by atoms with Gasteiger partial charge in [-0.05, 0) is 49.9 Å². The fourth-order valence-corrected chi connectivity index (χ4v) is 6.35. The van der Waals surface area contributed by atoms with Crippen molar-refractivity contribution < 1.29 is 23.9 Å². The largest absolute Gasteiger partial charge is 0.454 e. The third-order valence-corrected chi connectivity index (χ3v) is 8.27. The van der Waals surface area contributed by atoms with E-state index < -0.39 is 12.0 Å². The van der Waals surface area contributed by atoms with E-state index in [2.05, 4.69) is 4.90 Å². The normalized spacial score (nSPS) is 21.2. The minimum absolute atomic E-state index is 0.157. The van der Waals surface area contributed by atoms with Gasteiger partial charge in [-0.1, -0.05) is 68.9 Å². The summed E-state index contributed by atoms with van der Waals surface area (Å²) in [5.41, 5.74) is 1.20. The summed E-state index contributed by atoms with van der Waals surface area (Å²) in [7, 11) is 0. The molecule has 7 nitrogen and oxygen atoms in total. The van der Waals surface area contributed by atoms with E-state index in [4.69, 9.17) is 4.74 Å². The Hall–Kier alpha value is -3.32. The number of rotatable bonds is 8. The SMILES string of the molecule is O=C(COC(=O)c1ccc(N2C(=O)CC(N(C3CCCCC3)C3CCCCC3)C2=O)cc1)c1ccccc1. The van der Waals surface area contributed by atoms with Crippen molar-refractivity contribution in [2.24, 2.45) is 0 Å². The number of carbonyl (C=O) groups excluding carboxylic acids is 4. The Kier molecular flexibility index (Phi) is 8.32. The fourth-order valence-electron chi connectivity index (χ4n) is 6.35. The van der Waals surface area contributed by atoms with Crippen molar-refractivity contribution in [1.82, 2.24) is 4.90 Å². The van der Waals surface area contributed by atoms with Gasteiger partial charge in [0.25, 0.3) is 5.91 Å². The molecule has 0 bridgehead atoms. The molecule has 1 unspecified atom stereocenters. The van der Waals surface area contributed by atoms with Crippen molar-refractivity contribution in [1.29, 1.82) is 0 Å². The van der Waals surface area contributed by atoms with E-state index >= 15 is 0 Å². The van der Waals surface area contributed by atoms with Crippen LogP contribution < -0.4 is 4.90 Å². The molecule has 0 N–H and O–H groups in total. The van der Waals surface area contributed by atoms with E-state index in [1.54, 1.807) is 48.5 Å². The number of Topliss-reactive ketones (excluding diaryl/α,β-unsaturated/α-hetero) is 1. The molecule has 0 radical (unpaired) electrons. The van der Waals surface area contributed by atoms with Crippen LogP contribution in [0.4, 0.5) is 5.69 Å². The lowest BCUT2D eigenvalue weighted by Gasteiger charge is -2.44. The molecular formula is C31H36N2O5. The lowest BCUT2D eigenvalue weighted by atomic mass is 9.87. The van der Waals surface area contributed by atoms with E-state index in [1.165, 1.54) is 43.4 Å². The van der Waals surface area contributed by atoms with E-state index in [9.17, 15) is 19.2 Å². The average Bonchev–Trinajstić information content (AvgIpc) is 3.26. The first-order valence-electron chi connectivity index (χ1n) is 14.0. The lowest BCUT2D eigenvalue weighted by Crippen LogP contribution is -2.53. The summed E-state index contributed by atoms with van der Waals surface area (Å²) in [6.07, 6.45) is 11.8. The summed E-state index contributed by atoms with van der Waals surface area (Å²) in [4.78, 5) is 55.3. The third-order valence-electron chi connectivity index (χ3n) is 8.27. The first-order chi connectivity index (χ1) is 18.5. The quantitative estimate of drug-likeness (QED) is 0.268. The highest BCUT2D eigenvalue weighted by molar-refractivity contribution is 6.22. The van der Waals surface area contributed by atoms with Crippen LogP contribution in [-0.4, -0.2) is 53.2 Å². The Bertz CT molecular complexity index is 1130. The predicted octanol–water partition coefficient (Wildman–Crippen LogP) is 5.33. The maximum absolute atomic E-state index is 13.7. The second kappa shape index (κ2) is 12.0. The van der Waals surface area contributed by atoms with Gasteiger partial charge in [0.05, 0.1) is 23.7 Å². The molecule has 5 rings (SSSR count). The second-order valence-corrected chi connectivity index (χ2v) is 10.7. The molecule has 1 atom stereocenters. The third kappa shape index (κ3) is 5.73. The van der Waals surface area contributed by atoms with Gasteiger partial charge < -0.3 is 4.74 Å². The van der Waals surface area contributed by atoms with Crippen LogP contribution in [0.25, 0.3) is 0 Å². The number of nitrogens with zero attached hydrogens (tertiary/aromatic N) is 2. The van der Waals surface area contributed by atoms with E-state index in [-0.39, 0.29) is 36.2 Å². The molecule has 0 spiro atoms. The van der Waals surface area contributed by atoms with Crippen molar-refractivity contribution in [2.45, 2.75) is 88.8 Å². The van der Waals surface area contributed by atoms with Crippen molar-refractivity contribution in [2.75, 3.05) is 11.5 Å². The molecule has 2 amide bonds. The van der Waals surface area contributed by atoms with Crippen LogP contribution in [0.2, 0.25) is 0 Å². The minimum Gasteiger partial charge on any atom is -0.454 e. The maximum Gasteiger partial charge on any atom is 0.338 e. The number of imide groups is 1. The number of hydrogen-bond donors (Lipinski definition) is 0. The molecule has 3 fully saturated rings. The Balaban J connectivity index is 1.26. The minimum atomic E-state index is -0.626. The molecule has 38 heavy (non-hydrogen) atoms. The van der Waals surface area contributed by atoms with Crippen LogP contribution in [0.3, 0.4) is 0 Å². The number of ether oxygens (including phenoxy) is 1. The Labute approximate surface area is 224 Å². The van der Waals surface area contributed by atoms with Gasteiger partial charge in [0.2, 0.25) is 5.91 Å². The fraction of sp³-hybridized carbons (Fsp3) is 0.484. The zero-order valence-electron chi connectivity index (χ0n) is 21.8. The van der Waals surface area contributed by atoms with Crippen LogP contribution in [0, 0.1) is 0 Å². The molecule has 2 aromatic rings. The van der Waals surface area contributed by atoms with E-state index in [0.717, 1.165) is 25.7 Å². The number of carbonyl (C=O) groups is 4. The Morgan fingerprint density at radius 3 is 1.92 bits per heavy atom. The smallest absolute Gasteiger partial charge is 0.338 e. The van der Waals surface area contributed by atoms with Crippen LogP contribution in [0.1, 0.15) is 91.3 Å². The molecule has 1 saturated heterocycles. The standard InChI is InChI=1S/C31H36N2O5/c34-28(22-10-4-1-5-11-22)21-38-31(37)23-16-18-26(19-17-23)33-29(35)20-27(30(33)36)32(24-12-6-2-7-13-24)25-14-8-3-9-15-25/h1,4-5,10-11,16-19,24-25,27H,2-3,6-9,12-15,20-21H2. The van der Waals surface area contributed by atoms with Gasteiger partial charge in [0.15, 0.2) is 12.4 Å². The molecule has 7 heteroatoms. The molecule has 3 aliphatic rings. The van der Waals surface area contributed by atoms with Crippen molar-refractivity contribution in [3.8, 4) is 0 Å². The Morgan fingerprint density at radius 2 is 1.34 bits per heavy atom. The van der Waals surface area contributed by atoms with Gasteiger partial charge in [0.1, 0.15) is 0 Å². The van der Waals surface area contributed by atoms with Gasteiger partial charge in [-0.25, -0.2) is 9.69 Å². The summed E-state index contributed by atoms with van der Waals surface area (Å²) < 4.78 is 5.19. The predicted molar refractivity (Wildman–Crippen MR) is 144 cm³/mol. The first kappa shape index (κ1) is 26.3. The summed E-state index contributed by atoms with van der Waals surface area (Å²) in [5, 5.41) is 0. The van der Waals surface area contributed by atoms with E-state index in [0.29, 0.717) is 23.3 Å². The molecule has 2 aliphatic carbocycles. The highest BCUT2D eigenvalue weighted by atomic mass is 16.5. The summed E-state index contributed by atoms with van der Waals surface area (Å²) >= 11 is 0. The van der Waals surface area contributed by atoms with Crippen LogP contribution in [0.15, 0.2) is 54.6 Å². The zero-order valence-corrected chi connectivity index (χ0v) is 21.8. The molecular weight excluding hydrogens is 480 g/mol. The first-order valence-corrected chi connectivity index (χ1v) is 14.0. The summed E-state index contributed by atoms with van der Waals surface area (Å²) in [6, 6.07) is 15.3. The summed E-state index contributed by atoms with van der Waals surface area (Å²) in [6.45, 7) is -0.354. The van der Waals surface area contributed by atoms with Gasteiger partial charge in [-0.2, -0.15) is 0 Å².